The first-order chi connectivity index (χ1) is 33.5. The molecule has 0 saturated carbocycles. The lowest BCUT2D eigenvalue weighted by Gasteiger charge is -2.18. The summed E-state index contributed by atoms with van der Waals surface area (Å²) in [6.07, 6.45) is 72.1. The van der Waals surface area contributed by atoms with Crippen molar-refractivity contribution in [1.29, 1.82) is 0 Å². The topological polar surface area (TPSA) is 78.9 Å². The fourth-order valence-corrected chi connectivity index (χ4v) is 8.12. The third kappa shape index (κ3) is 53.8. The Morgan fingerprint density at radius 3 is 0.956 bits per heavy atom. The van der Waals surface area contributed by atoms with Gasteiger partial charge in [-0.2, -0.15) is 0 Å². The highest BCUT2D eigenvalue weighted by molar-refractivity contribution is 5.71. The number of carbonyl (C=O) groups excluding carboxylic acids is 3. The number of unbranched alkanes of at least 4 members (excludes halogenated alkanes) is 29. The molecule has 0 heterocycles. The Morgan fingerprint density at radius 2 is 0.588 bits per heavy atom. The molecule has 0 spiro atoms. The van der Waals surface area contributed by atoms with Crippen LogP contribution < -0.4 is 0 Å². The number of hydrogen-bond acceptors (Lipinski definition) is 6. The predicted octanol–water partition coefficient (Wildman–Crippen LogP) is 19.4. The number of hydrogen-bond donors (Lipinski definition) is 0. The summed E-state index contributed by atoms with van der Waals surface area (Å²) in [6.45, 7) is 6.47. The van der Waals surface area contributed by atoms with E-state index in [2.05, 4.69) is 93.7 Å². The Kier molecular flexibility index (Phi) is 53.8. The van der Waals surface area contributed by atoms with E-state index in [-0.39, 0.29) is 37.5 Å². The van der Waals surface area contributed by atoms with Crippen LogP contribution in [0.1, 0.15) is 284 Å². The first-order valence-electron chi connectivity index (χ1n) is 28.9. The van der Waals surface area contributed by atoms with Crippen LogP contribution in [0.4, 0.5) is 0 Å². The molecule has 0 radical (unpaired) electrons. The Morgan fingerprint density at radius 1 is 0.309 bits per heavy atom. The highest BCUT2D eigenvalue weighted by Gasteiger charge is 2.19. The molecule has 0 aliphatic rings. The van der Waals surface area contributed by atoms with Crippen LogP contribution in [-0.2, 0) is 28.6 Å². The molecule has 0 aromatic carbocycles. The summed E-state index contributed by atoms with van der Waals surface area (Å²) in [6, 6.07) is 0. The Balaban J connectivity index is 4.23. The van der Waals surface area contributed by atoms with Crippen molar-refractivity contribution in [2.24, 2.45) is 0 Å². The molecule has 392 valence electrons. The summed E-state index contributed by atoms with van der Waals surface area (Å²) in [5.74, 6) is -0.953. The zero-order valence-corrected chi connectivity index (χ0v) is 44.9. The SMILES string of the molecule is CC/C=C\C/C=C\C/C=C\C/C=C\C/C=C\CCCC(=O)OC(COC(=O)CCCCCCCCCC)COC(=O)CCCCCCCCCCCCCCC/C=C\CCCCCCCCCC. The van der Waals surface area contributed by atoms with Crippen molar-refractivity contribution in [2.45, 2.75) is 290 Å². The fourth-order valence-electron chi connectivity index (χ4n) is 8.12. The monoisotopic (exact) mass is 949 g/mol. The highest BCUT2D eigenvalue weighted by Crippen LogP contribution is 2.16. The number of allylic oxidation sites excluding steroid dienone is 12. The number of esters is 3. The van der Waals surface area contributed by atoms with Crippen LogP contribution in [0.3, 0.4) is 0 Å². The van der Waals surface area contributed by atoms with Gasteiger partial charge in [-0.05, 0) is 83.5 Å². The lowest BCUT2D eigenvalue weighted by molar-refractivity contribution is -0.167. The van der Waals surface area contributed by atoms with Crippen LogP contribution in [0.25, 0.3) is 0 Å². The third-order valence-electron chi connectivity index (χ3n) is 12.4. The highest BCUT2D eigenvalue weighted by atomic mass is 16.6. The van der Waals surface area contributed by atoms with Gasteiger partial charge in [-0.15, -0.1) is 0 Å². The molecular weight excluding hydrogens is 841 g/mol. The summed E-state index contributed by atoms with van der Waals surface area (Å²) in [4.78, 5) is 38.0. The second-order valence-corrected chi connectivity index (χ2v) is 19.2. The average molecular weight is 950 g/mol. The number of rotatable bonds is 52. The summed E-state index contributed by atoms with van der Waals surface area (Å²) >= 11 is 0. The zero-order chi connectivity index (χ0) is 49.3. The fraction of sp³-hybridized carbons (Fsp3) is 0.758. The van der Waals surface area contributed by atoms with Crippen molar-refractivity contribution in [1.82, 2.24) is 0 Å². The molecule has 0 bridgehead atoms. The maximum Gasteiger partial charge on any atom is 0.306 e. The standard InChI is InChI=1S/C62H108O6/c1-4-7-10-13-16-19-21-23-25-27-28-29-30-31-32-33-34-36-37-39-41-43-46-49-52-55-61(64)67-58-59(57-66-60(63)54-51-48-45-18-15-12-9-6-3)68-62(65)56-53-50-47-44-42-40-38-35-26-24-22-20-17-14-11-8-5-2/h8,11,17,20,24,26-28,38,40,44,47,59H,4-7,9-10,12-16,18-19,21-23,25,29-37,39,41-43,45-46,48-58H2,1-3H3/b11-8-,20-17-,26-24-,28-27-,40-38-,47-44-. The van der Waals surface area contributed by atoms with E-state index >= 15 is 0 Å². The average Bonchev–Trinajstić information content (AvgIpc) is 3.34. The maximum atomic E-state index is 12.8. The molecule has 0 rings (SSSR count). The predicted molar refractivity (Wildman–Crippen MR) is 293 cm³/mol. The second kappa shape index (κ2) is 56.4. The molecule has 1 atom stereocenters. The largest absolute Gasteiger partial charge is 0.462 e. The van der Waals surface area contributed by atoms with E-state index in [1.807, 2.05) is 0 Å². The summed E-state index contributed by atoms with van der Waals surface area (Å²) in [7, 11) is 0. The van der Waals surface area contributed by atoms with E-state index in [1.54, 1.807) is 0 Å². The van der Waals surface area contributed by atoms with Crippen molar-refractivity contribution >= 4 is 17.9 Å². The Hall–Kier alpha value is -3.15. The van der Waals surface area contributed by atoms with Crippen LogP contribution in [0, 0.1) is 0 Å². The van der Waals surface area contributed by atoms with Crippen molar-refractivity contribution in [3.05, 3.63) is 72.9 Å². The van der Waals surface area contributed by atoms with Crippen LogP contribution in [-0.4, -0.2) is 37.2 Å². The first kappa shape index (κ1) is 64.8. The Bertz CT molecular complexity index is 1270. The van der Waals surface area contributed by atoms with Crippen molar-refractivity contribution in [2.75, 3.05) is 13.2 Å². The summed E-state index contributed by atoms with van der Waals surface area (Å²) in [5.41, 5.74) is 0. The molecule has 0 fully saturated rings. The molecule has 0 aliphatic heterocycles. The molecule has 1 unspecified atom stereocenters. The van der Waals surface area contributed by atoms with E-state index in [9.17, 15) is 14.4 Å². The molecule has 0 aromatic heterocycles. The van der Waals surface area contributed by atoms with Crippen molar-refractivity contribution < 1.29 is 28.6 Å². The second-order valence-electron chi connectivity index (χ2n) is 19.2. The smallest absolute Gasteiger partial charge is 0.306 e. The molecule has 0 saturated heterocycles. The van der Waals surface area contributed by atoms with Gasteiger partial charge in [0.1, 0.15) is 13.2 Å². The number of ether oxygens (including phenoxy) is 3. The third-order valence-corrected chi connectivity index (χ3v) is 12.4. The molecule has 0 N–H and O–H groups in total. The van der Waals surface area contributed by atoms with Crippen LogP contribution in [0.2, 0.25) is 0 Å². The minimum Gasteiger partial charge on any atom is -0.462 e. The van der Waals surface area contributed by atoms with Crippen molar-refractivity contribution in [3.8, 4) is 0 Å². The first-order valence-corrected chi connectivity index (χ1v) is 28.9. The van der Waals surface area contributed by atoms with Gasteiger partial charge in [0.15, 0.2) is 6.10 Å². The molecule has 0 aromatic rings. The minimum absolute atomic E-state index is 0.0961. The van der Waals surface area contributed by atoms with Gasteiger partial charge in [0, 0.05) is 19.3 Å². The molecule has 6 nitrogen and oxygen atoms in total. The molecule has 6 heteroatoms. The minimum atomic E-state index is -0.802. The quantitative estimate of drug-likeness (QED) is 0.0262. The molecule has 0 aliphatic carbocycles. The van der Waals surface area contributed by atoms with Gasteiger partial charge in [0.25, 0.3) is 0 Å². The van der Waals surface area contributed by atoms with Crippen LogP contribution in [0.5, 0.6) is 0 Å². The zero-order valence-electron chi connectivity index (χ0n) is 44.9. The number of carbonyl (C=O) groups is 3. The van der Waals surface area contributed by atoms with E-state index in [0.717, 1.165) is 77.0 Å². The van der Waals surface area contributed by atoms with Gasteiger partial charge in [0.05, 0.1) is 0 Å². The van der Waals surface area contributed by atoms with Gasteiger partial charge in [-0.3, -0.25) is 14.4 Å². The van der Waals surface area contributed by atoms with Crippen LogP contribution in [0.15, 0.2) is 72.9 Å². The molecule has 68 heavy (non-hydrogen) atoms. The molecule has 0 amide bonds. The normalized spacial score (nSPS) is 12.6. The summed E-state index contributed by atoms with van der Waals surface area (Å²) < 4.78 is 16.7. The van der Waals surface area contributed by atoms with Gasteiger partial charge in [0.2, 0.25) is 0 Å². The van der Waals surface area contributed by atoms with Gasteiger partial charge in [-0.25, -0.2) is 0 Å². The van der Waals surface area contributed by atoms with Gasteiger partial charge < -0.3 is 14.2 Å². The van der Waals surface area contributed by atoms with Crippen LogP contribution >= 0.6 is 0 Å². The van der Waals surface area contributed by atoms with E-state index in [4.69, 9.17) is 14.2 Å². The van der Waals surface area contributed by atoms with Gasteiger partial charge in [-0.1, -0.05) is 254 Å². The maximum absolute atomic E-state index is 12.8. The Labute approximate surface area is 421 Å². The summed E-state index contributed by atoms with van der Waals surface area (Å²) in [5, 5.41) is 0. The van der Waals surface area contributed by atoms with E-state index < -0.39 is 6.10 Å². The van der Waals surface area contributed by atoms with E-state index in [1.165, 1.54) is 161 Å². The van der Waals surface area contributed by atoms with E-state index in [0.29, 0.717) is 19.3 Å². The van der Waals surface area contributed by atoms with Crippen molar-refractivity contribution in [3.63, 3.8) is 0 Å². The lowest BCUT2D eigenvalue weighted by atomic mass is 10.0. The lowest BCUT2D eigenvalue weighted by Crippen LogP contribution is -2.30. The molecular formula is C62H108O6. The van der Waals surface area contributed by atoms with Gasteiger partial charge >= 0.3 is 17.9 Å².